The Morgan fingerprint density at radius 3 is 3.00 bits per heavy atom. The summed E-state index contributed by atoms with van der Waals surface area (Å²) in [4.78, 5) is 16.8. The highest BCUT2D eigenvalue weighted by atomic mass is 19.1. The van der Waals surface area contributed by atoms with Gasteiger partial charge >= 0.3 is 6.03 Å². The summed E-state index contributed by atoms with van der Waals surface area (Å²) in [7, 11) is 0. The third-order valence-corrected chi connectivity index (χ3v) is 4.26. The lowest BCUT2D eigenvalue weighted by molar-refractivity contribution is 0.232. The number of nitrogens with one attached hydrogen (secondary N) is 2. The van der Waals surface area contributed by atoms with E-state index in [1.54, 1.807) is 35.1 Å². The van der Waals surface area contributed by atoms with Crippen molar-refractivity contribution in [2.24, 2.45) is 0 Å². The van der Waals surface area contributed by atoms with Crippen LogP contribution in [0.5, 0.6) is 5.75 Å². The van der Waals surface area contributed by atoms with Crippen LogP contribution in [0.4, 0.5) is 15.0 Å². The minimum atomic E-state index is -0.408. The highest BCUT2D eigenvalue weighted by Gasteiger charge is 2.24. The van der Waals surface area contributed by atoms with Crippen molar-refractivity contribution in [1.82, 2.24) is 20.1 Å². The smallest absolute Gasteiger partial charge is 0.320 e. The summed E-state index contributed by atoms with van der Waals surface area (Å²) in [6, 6.07) is 10.8. The number of carbonyl (C=O) groups is 1. The number of aromatic nitrogens is 3. The average molecular weight is 367 g/mol. The molecule has 1 unspecified atom stereocenters. The van der Waals surface area contributed by atoms with Crippen LogP contribution in [0.2, 0.25) is 0 Å². The highest BCUT2D eigenvalue weighted by Crippen LogP contribution is 2.32. The van der Waals surface area contributed by atoms with Gasteiger partial charge in [-0.3, -0.25) is 5.32 Å². The number of aryl methyl sites for hydroxylation is 1. The maximum absolute atomic E-state index is 13.6. The predicted molar refractivity (Wildman–Crippen MR) is 97.5 cm³/mol. The van der Waals surface area contributed by atoms with E-state index < -0.39 is 6.03 Å². The van der Waals surface area contributed by atoms with Crippen molar-refractivity contribution in [2.75, 3.05) is 11.9 Å². The van der Waals surface area contributed by atoms with Gasteiger partial charge in [-0.1, -0.05) is 6.07 Å². The number of rotatable bonds is 3. The second kappa shape index (κ2) is 7.06. The number of urea groups is 1. The number of halogens is 1. The van der Waals surface area contributed by atoms with Crippen molar-refractivity contribution in [3.05, 3.63) is 65.7 Å². The van der Waals surface area contributed by atoms with Gasteiger partial charge in [0.2, 0.25) is 0 Å². The number of pyridine rings is 1. The van der Waals surface area contributed by atoms with Crippen molar-refractivity contribution in [1.29, 1.82) is 0 Å². The normalized spacial score (nSPS) is 15.6. The second-order valence-electron chi connectivity index (χ2n) is 6.24. The number of hydrogen-bond acceptors (Lipinski definition) is 4. The van der Waals surface area contributed by atoms with Gasteiger partial charge < -0.3 is 10.1 Å². The molecule has 2 N–H and O–H groups in total. The lowest BCUT2D eigenvalue weighted by atomic mass is 10.0. The number of nitrogens with zero attached hydrogens (tertiary/aromatic N) is 3. The number of anilines is 1. The molecule has 3 aromatic rings. The largest absolute Gasteiger partial charge is 0.493 e. The van der Waals surface area contributed by atoms with Crippen LogP contribution in [0, 0.1) is 12.7 Å². The Hall–Kier alpha value is -3.42. The number of carbonyl (C=O) groups excluding carboxylic acids is 1. The summed E-state index contributed by atoms with van der Waals surface area (Å²) in [6.07, 6.45) is 2.21. The van der Waals surface area contributed by atoms with E-state index >= 15 is 0 Å². The summed E-state index contributed by atoms with van der Waals surface area (Å²) >= 11 is 0. The molecule has 0 fully saturated rings. The average Bonchev–Trinajstić information content (AvgIpc) is 3.03. The zero-order valence-electron chi connectivity index (χ0n) is 14.6. The van der Waals surface area contributed by atoms with Gasteiger partial charge in [0.1, 0.15) is 17.4 Å². The second-order valence-corrected chi connectivity index (χ2v) is 6.24. The molecule has 4 rings (SSSR count). The van der Waals surface area contributed by atoms with Crippen LogP contribution in [-0.4, -0.2) is 27.4 Å². The number of hydrogen-bond donors (Lipinski definition) is 2. The Morgan fingerprint density at radius 2 is 2.19 bits per heavy atom. The summed E-state index contributed by atoms with van der Waals surface area (Å²) in [5.41, 5.74) is 1.38. The molecule has 138 valence electrons. The number of ether oxygens (including phenoxy) is 1. The lowest BCUT2D eigenvalue weighted by Crippen LogP contribution is -2.35. The third kappa shape index (κ3) is 3.59. The SMILES string of the molecule is Cc1cc(NC(=O)NC2CCOc3ccc(F)cc32)n(-c2ccccn2)n1. The van der Waals surface area contributed by atoms with Gasteiger partial charge in [0.05, 0.1) is 18.3 Å². The topological polar surface area (TPSA) is 81.1 Å². The fourth-order valence-electron chi connectivity index (χ4n) is 3.07. The van der Waals surface area contributed by atoms with Gasteiger partial charge in [-0.25, -0.2) is 14.2 Å². The molecule has 0 aliphatic carbocycles. The Morgan fingerprint density at radius 1 is 1.30 bits per heavy atom. The molecule has 27 heavy (non-hydrogen) atoms. The molecule has 1 aliphatic rings. The molecule has 7 nitrogen and oxygen atoms in total. The molecule has 1 aliphatic heterocycles. The Labute approximate surface area is 155 Å². The number of amides is 2. The van der Waals surface area contributed by atoms with Crippen LogP contribution in [0.1, 0.15) is 23.7 Å². The van der Waals surface area contributed by atoms with Gasteiger partial charge in [-0.05, 0) is 37.3 Å². The molecule has 0 saturated carbocycles. The van der Waals surface area contributed by atoms with Crippen molar-refractivity contribution < 1.29 is 13.9 Å². The maximum Gasteiger partial charge on any atom is 0.320 e. The molecule has 0 radical (unpaired) electrons. The fourth-order valence-corrected chi connectivity index (χ4v) is 3.07. The molecule has 0 bridgehead atoms. The molecule has 8 heteroatoms. The first-order valence-corrected chi connectivity index (χ1v) is 8.58. The van der Waals surface area contributed by atoms with E-state index in [1.807, 2.05) is 13.0 Å². The summed E-state index contributed by atoms with van der Waals surface area (Å²) < 4.78 is 20.7. The standard InChI is InChI=1S/C19H18FN5O2/c1-12-10-18(25(24-12)17-4-2-3-8-21-17)23-19(26)22-15-7-9-27-16-6-5-13(20)11-14(15)16/h2-6,8,10-11,15H,7,9H2,1H3,(H2,22,23,26). The molecule has 1 atom stereocenters. The van der Waals surface area contributed by atoms with E-state index in [0.717, 1.165) is 5.69 Å². The highest BCUT2D eigenvalue weighted by molar-refractivity contribution is 5.89. The molecular weight excluding hydrogens is 349 g/mol. The zero-order valence-corrected chi connectivity index (χ0v) is 14.6. The number of benzene rings is 1. The molecular formula is C19H18FN5O2. The zero-order chi connectivity index (χ0) is 18.8. The van der Waals surface area contributed by atoms with Gasteiger partial charge in [-0.15, -0.1) is 0 Å². The first-order valence-electron chi connectivity index (χ1n) is 8.58. The summed E-state index contributed by atoms with van der Waals surface area (Å²) in [5, 5.41) is 10.0. The molecule has 0 spiro atoms. The summed E-state index contributed by atoms with van der Waals surface area (Å²) in [5.74, 6) is 1.31. The molecule has 2 aromatic heterocycles. The quantitative estimate of drug-likeness (QED) is 0.744. The van der Waals surface area contributed by atoms with Crippen molar-refractivity contribution in [3.63, 3.8) is 0 Å². The van der Waals surface area contributed by atoms with E-state index in [9.17, 15) is 9.18 Å². The van der Waals surface area contributed by atoms with Gasteiger partial charge in [0, 0.05) is 24.2 Å². The minimum Gasteiger partial charge on any atom is -0.493 e. The fraction of sp³-hybridized carbons (Fsp3) is 0.211. The van der Waals surface area contributed by atoms with Crippen molar-refractivity contribution in [2.45, 2.75) is 19.4 Å². The molecule has 2 amide bonds. The van der Waals surface area contributed by atoms with Crippen LogP contribution < -0.4 is 15.4 Å². The van der Waals surface area contributed by atoms with Crippen LogP contribution in [0.25, 0.3) is 5.82 Å². The lowest BCUT2D eigenvalue weighted by Gasteiger charge is -2.26. The van der Waals surface area contributed by atoms with Crippen molar-refractivity contribution >= 4 is 11.8 Å². The number of fused-ring (bicyclic) bond motifs is 1. The van der Waals surface area contributed by atoms with Gasteiger partial charge in [0.25, 0.3) is 0 Å². The first kappa shape index (κ1) is 17.0. The van der Waals surface area contributed by atoms with E-state index in [0.29, 0.717) is 36.0 Å². The van der Waals surface area contributed by atoms with Crippen molar-refractivity contribution in [3.8, 4) is 11.6 Å². The van der Waals surface area contributed by atoms with Crippen LogP contribution in [-0.2, 0) is 0 Å². The molecule has 1 aromatic carbocycles. The minimum absolute atomic E-state index is 0.336. The van der Waals surface area contributed by atoms with E-state index in [4.69, 9.17) is 4.74 Å². The van der Waals surface area contributed by atoms with E-state index in [1.165, 1.54) is 12.1 Å². The molecule has 0 saturated heterocycles. The third-order valence-electron chi connectivity index (χ3n) is 4.26. The summed E-state index contributed by atoms with van der Waals surface area (Å²) in [6.45, 7) is 2.29. The maximum atomic E-state index is 13.6. The van der Waals surface area contributed by atoms with Crippen LogP contribution in [0.3, 0.4) is 0 Å². The Kier molecular flexibility index (Phi) is 4.45. The van der Waals surface area contributed by atoms with Crippen LogP contribution >= 0.6 is 0 Å². The first-order chi connectivity index (χ1) is 13.1. The molecule has 3 heterocycles. The Bertz CT molecular complexity index is 973. The van der Waals surface area contributed by atoms with E-state index in [-0.39, 0.29) is 11.9 Å². The van der Waals surface area contributed by atoms with Gasteiger partial charge in [0.15, 0.2) is 5.82 Å². The van der Waals surface area contributed by atoms with Crippen LogP contribution in [0.15, 0.2) is 48.7 Å². The monoisotopic (exact) mass is 367 g/mol. The Balaban J connectivity index is 1.53. The predicted octanol–water partition coefficient (Wildman–Crippen LogP) is 3.36. The van der Waals surface area contributed by atoms with E-state index in [2.05, 4.69) is 20.7 Å². The van der Waals surface area contributed by atoms with Gasteiger partial charge in [-0.2, -0.15) is 9.78 Å².